The number of ether oxygens (including phenoxy) is 2. The van der Waals surface area contributed by atoms with Gasteiger partial charge >= 0.3 is 8.80 Å². The van der Waals surface area contributed by atoms with Crippen LogP contribution < -0.4 is 0 Å². The van der Waals surface area contributed by atoms with E-state index in [1.165, 1.54) is 25.7 Å². The maximum atomic E-state index is 7.05. The van der Waals surface area contributed by atoms with Gasteiger partial charge in [0.2, 0.25) is 0 Å². The molecule has 150 valence electrons. The Labute approximate surface area is 159 Å². The van der Waals surface area contributed by atoms with Gasteiger partial charge in [0.05, 0.1) is 30.0 Å². The third kappa shape index (κ3) is 3.65. The largest absolute Gasteiger partial charge is 0.501 e. The Balaban J connectivity index is 1.57. The molecule has 0 bridgehead atoms. The van der Waals surface area contributed by atoms with Gasteiger partial charge in [0, 0.05) is 19.3 Å². The van der Waals surface area contributed by atoms with Gasteiger partial charge in [-0.05, 0) is 71.1 Å². The van der Waals surface area contributed by atoms with Crippen molar-refractivity contribution in [2.45, 2.75) is 102 Å². The minimum absolute atomic E-state index is 0.208. The van der Waals surface area contributed by atoms with Crippen LogP contribution in [0.5, 0.6) is 0 Å². The SMILES string of the molecule is CCO[Si](CC)(OCC)OC(C)(C1CCC2OC2C1)C1CCC2OC2C1. The Kier molecular flexibility index (Phi) is 5.54. The zero-order chi connectivity index (χ0) is 18.4. The van der Waals surface area contributed by atoms with E-state index in [-0.39, 0.29) is 5.60 Å². The normalized spacial score (nSPS) is 41.1. The molecule has 0 amide bonds. The molecule has 0 spiro atoms. The molecule has 2 heterocycles. The van der Waals surface area contributed by atoms with Crippen molar-refractivity contribution in [3.8, 4) is 0 Å². The van der Waals surface area contributed by atoms with Crippen LogP contribution in [0.3, 0.4) is 0 Å². The molecule has 0 aromatic rings. The van der Waals surface area contributed by atoms with Gasteiger partial charge in [-0.15, -0.1) is 0 Å². The first-order valence-electron chi connectivity index (χ1n) is 10.8. The molecule has 2 aliphatic carbocycles. The monoisotopic (exact) mass is 384 g/mol. The van der Waals surface area contributed by atoms with Gasteiger partial charge < -0.3 is 22.8 Å². The second kappa shape index (κ2) is 7.45. The molecule has 2 saturated heterocycles. The molecule has 0 aromatic heterocycles. The molecule has 4 fully saturated rings. The molecule has 6 unspecified atom stereocenters. The van der Waals surface area contributed by atoms with Gasteiger partial charge in [-0.3, -0.25) is 0 Å². The third-order valence-corrected chi connectivity index (χ3v) is 10.2. The summed E-state index contributed by atoms with van der Waals surface area (Å²) in [7, 11) is -2.67. The molecule has 0 N–H and O–H groups in total. The van der Waals surface area contributed by atoms with Crippen molar-refractivity contribution in [3.05, 3.63) is 0 Å². The molecule has 4 aliphatic rings. The lowest BCUT2D eigenvalue weighted by molar-refractivity contribution is -0.102. The lowest BCUT2D eigenvalue weighted by Crippen LogP contribution is -2.58. The van der Waals surface area contributed by atoms with E-state index < -0.39 is 8.80 Å². The van der Waals surface area contributed by atoms with Crippen LogP contribution in [0, 0.1) is 11.8 Å². The Morgan fingerprint density at radius 2 is 1.31 bits per heavy atom. The summed E-state index contributed by atoms with van der Waals surface area (Å²) in [6.45, 7) is 9.89. The van der Waals surface area contributed by atoms with Crippen molar-refractivity contribution < 1.29 is 22.8 Å². The molecule has 0 radical (unpaired) electrons. The number of epoxide rings is 2. The quantitative estimate of drug-likeness (QED) is 0.445. The third-order valence-electron chi connectivity index (χ3n) is 7.17. The lowest BCUT2D eigenvalue weighted by Gasteiger charge is -2.49. The molecule has 6 heteroatoms. The van der Waals surface area contributed by atoms with E-state index >= 15 is 0 Å². The Morgan fingerprint density at radius 1 is 0.808 bits per heavy atom. The summed E-state index contributed by atoms with van der Waals surface area (Å²) in [5.41, 5.74) is -0.208. The van der Waals surface area contributed by atoms with E-state index in [0.29, 0.717) is 49.5 Å². The maximum absolute atomic E-state index is 7.05. The summed E-state index contributed by atoms with van der Waals surface area (Å²) in [5, 5.41) is 0. The van der Waals surface area contributed by atoms with Crippen molar-refractivity contribution in [2.75, 3.05) is 13.2 Å². The molecular weight excluding hydrogens is 348 g/mol. The second-order valence-corrected chi connectivity index (χ2v) is 11.5. The molecule has 0 aromatic carbocycles. The van der Waals surface area contributed by atoms with Crippen LogP contribution in [0.25, 0.3) is 0 Å². The van der Waals surface area contributed by atoms with Gasteiger partial charge in [0.15, 0.2) is 0 Å². The van der Waals surface area contributed by atoms with Crippen molar-refractivity contribution in [1.82, 2.24) is 0 Å². The van der Waals surface area contributed by atoms with Crippen molar-refractivity contribution >= 4 is 8.80 Å². The number of hydrogen-bond acceptors (Lipinski definition) is 5. The summed E-state index contributed by atoms with van der Waals surface area (Å²) < 4.78 is 31.1. The van der Waals surface area contributed by atoms with E-state index in [2.05, 4.69) is 13.8 Å². The first kappa shape index (κ1) is 19.3. The van der Waals surface area contributed by atoms with Gasteiger partial charge in [-0.25, -0.2) is 0 Å². The van der Waals surface area contributed by atoms with Crippen LogP contribution in [-0.4, -0.2) is 52.0 Å². The highest BCUT2D eigenvalue weighted by atomic mass is 28.4. The highest BCUT2D eigenvalue weighted by Gasteiger charge is 2.58. The first-order valence-corrected chi connectivity index (χ1v) is 12.8. The standard InChI is InChI=1S/C20H36O5Si/c1-5-21-26(7-3,22-6-2)25-20(4,14-8-10-16-18(12-14)23-16)15-9-11-17-19(13-15)24-17/h14-19H,5-13H2,1-4H3. The van der Waals surface area contributed by atoms with Crippen molar-refractivity contribution in [2.24, 2.45) is 11.8 Å². The Morgan fingerprint density at radius 3 is 1.69 bits per heavy atom. The molecule has 26 heavy (non-hydrogen) atoms. The molecule has 2 saturated carbocycles. The topological polar surface area (TPSA) is 52.8 Å². The van der Waals surface area contributed by atoms with E-state index in [0.717, 1.165) is 18.9 Å². The minimum atomic E-state index is -2.67. The van der Waals surface area contributed by atoms with Gasteiger partial charge in [-0.2, -0.15) is 0 Å². The summed E-state index contributed by atoms with van der Waals surface area (Å²) in [6.07, 6.45) is 8.93. The van der Waals surface area contributed by atoms with Crippen LogP contribution >= 0.6 is 0 Å². The summed E-state index contributed by atoms with van der Waals surface area (Å²) in [5.74, 6) is 1.04. The van der Waals surface area contributed by atoms with Crippen LogP contribution in [0.4, 0.5) is 0 Å². The molecular formula is C20H36O5Si. The van der Waals surface area contributed by atoms with Crippen molar-refractivity contribution in [1.29, 1.82) is 0 Å². The fourth-order valence-corrected chi connectivity index (χ4v) is 8.14. The molecule has 4 rings (SSSR count). The number of fused-ring (bicyclic) bond motifs is 2. The highest BCUT2D eigenvalue weighted by Crippen LogP contribution is 2.53. The van der Waals surface area contributed by atoms with Gasteiger partial charge in [0.25, 0.3) is 0 Å². The van der Waals surface area contributed by atoms with E-state index in [1.54, 1.807) is 0 Å². The average molecular weight is 385 g/mol. The molecule has 5 nitrogen and oxygen atoms in total. The maximum Gasteiger partial charge on any atom is 0.501 e. The smallest absolute Gasteiger partial charge is 0.374 e. The first-order chi connectivity index (χ1) is 12.5. The van der Waals surface area contributed by atoms with Crippen molar-refractivity contribution in [3.63, 3.8) is 0 Å². The fourth-order valence-electron chi connectivity index (χ4n) is 5.50. The van der Waals surface area contributed by atoms with E-state index in [4.69, 9.17) is 22.8 Å². The van der Waals surface area contributed by atoms with Crippen LogP contribution in [0.2, 0.25) is 6.04 Å². The second-order valence-electron chi connectivity index (χ2n) is 8.63. The van der Waals surface area contributed by atoms with Crippen LogP contribution in [0.1, 0.15) is 66.2 Å². The fraction of sp³-hybridized carbons (Fsp3) is 1.00. The summed E-state index contributed by atoms with van der Waals surface area (Å²) >= 11 is 0. The van der Waals surface area contributed by atoms with E-state index in [1.807, 2.05) is 13.8 Å². The molecule has 6 atom stereocenters. The summed E-state index contributed by atoms with van der Waals surface area (Å²) in [6, 6.07) is 0.828. The lowest BCUT2D eigenvalue weighted by atomic mass is 9.67. The van der Waals surface area contributed by atoms with Crippen LogP contribution in [-0.2, 0) is 22.8 Å². The Hall–Kier alpha value is 0.0169. The van der Waals surface area contributed by atoms with Gasteiger partial charge in [-0.1, -0.05) is 6.92 Å². The van der Waals surface area contributed by atoms with Gasteiger partial charge in [0.1, 0.15) is 0 Å². The Bertz CT molecular complexity index is 467. The number of hydrogen-bond donors (Lipinski definition) is 0. The van der Waals surface area contributed by atoms with Crippen LogP contribution in [0.15, 0.2) is 0 Å². The highest BCUT2D eigenvalue weighted by molar-refractivity contribution is 6.60. The zero-order valence-electron chi connectivity index (χ0n) is 16.9. The zero-order valence-corrected chi connectivity index (χ0v) is 17.9. The average Bonchev–Trinajstić information content (AvgIpc) is 3.54. The predicted molar refractivity (Wildman–Crippen MR) is 101 cm³/mol. The summed E-state index contributed by atoms with van der Waals surface area (Å²) in [4.78, 5) is 0. The molecule has 2 aliphatic heterocycles. The number of rotatable bonds is 9. The predicted octanol–water partition coefficient (Wildman–Crippen LogP) is 3.93. The minimum Gasteiger partial charge on any atom is -0.374 e. The van der Waals surface area contributed by atoms with E-state index in [9.17, 15) is 0 Å².